The highest BCUT2D eigenvalue weighted by Crippen LogP contribution is 2.34. The van der Waals surface area contributed by atoms with Crippen LogP contribution in [0.2, 0.25) is 0 Å². The fourth-order valence-electron chi connectivity index (χ4n) is 4.78. The molecule has 1 aromatic carbocycles. The summed E-state index contributed by atoms with van der Waals surface area (Å²) in [5.74, 6) is -0.458. The molecule has 1 aliphatic heterocycles. The summed E-state index contributed by atoms with van der Waals surface area (Å²) in [4.78, 5) is 23.3. The highest BCUT2D eigenvalue weighted by Gasteiger charge is 2.39. The van der Waals surface area contributed by atoms with E-state index in [1.807, 2.05) is 6.92 Å². The SMILES string of the molecule is Cc1sc(-c2ccccc2F)nc1C(=O)NCC1(N2CCN(C)CC2)CCCCC1. The molecule has 0 bridgehead atoms. The molecule has 7 heteroatoms. The lowest BCUT2D eigenvalue weighted by Gasteiger charge is -2.49. The molecule has 0 atom stereocenters. The number of hydrogen-bond acceptors (Lipinski definition) is 5. The largest absolute Gasteiger partial charge is 0.349 e. The van der Waals surface area contributed by atoms with Gasteiger partial charge in [0.25, 0.3) is 5.91 Å². The first kappa shape index (κ1) is 21.4. The van der Waals surface area contributed by atoms with Gasteiger partial charge in [-0.2, -0.15) is 0 Å². The Bertz CT molecular complexity index is 885. The Kier molecular flexibility index (Phi) is 6.51. The molecular weight excluding hydrogens is 399 g/mol. The average Bonchev–Trinajstić information content (AvgIpc) is 3.15. The number of carbonyl (C=O) groups excluding carboxylic acids is 1. The predicted octanol–water partition coefficient (Wildman–Crippen LogP) is 3.94. The van der Waals surface area contributed by atoms with Crippen molar-refractivity contribution >= 4 is 17.2 Å². The second kappa shape index (κ2) is 9.12. The van der Waals surface area contributed by atoms with Crippen LogP contribution in [0.5, 0.6) is 0 Å². The molecule has 30 heavy (non-hydrogen) atoms. The summed E-state index contributed by atoms with van der Waals surface area (Å²) in [7, 11) is 2.17. The van der Waals surface area contributed by atoms with Crippen LogP contribution in [0.3, 0.4) is 0 Å². The third kappa shape index (κ3) is 4.43. The standard InChI is InChI=1S/C23H31FN4OS/c1-17-20(26-22(30-17)18-8-4-5-9-19(18)24)21(29)25-16-23(10-6-3-7-11-23)28-14-12-27(2)13-15-28/h4-5,8-9H,3,6-7,10-16H2,1-2H3,(H,25,29). The van der Waals surface area contributed by atoms with Crippen molar-refractivity contribution in [3.8, 4) is 10.6 Å². The van der Waals surface area contributed by atoms with Gasteiger partial charge in [-0.3, -0.25) is 9.69 Å². The van der Waals surface area contributed by atoms with Crippen LogP contribution in [-0.2, 0) is 0 Å². The van der Waals surface area contributed by atoms with Crippen LogP contribution in [-0.4, -0.2) is 66.0 Å². The molecule has 0 unspecified atom stereocenters. The van der Waals surface area contributed by atoms with Gasteiger partial charge in [0.15, 0.2) is 0 Å². The number of thiazole rings is 1. The topological polar surface area (TPSA) is 48.5 Å². The molecule has 4 rings (SSSR count). The number of hydrogen-bond donors (Lipinski definition) is 1. The molecule has 1 saturated heterocycles. The van der Waals surface area contributed by atoms with E-state index in [0.717, 1.165) is 43.9 Å². The van der Waals surface area contributed by atoms with Crippen LogP contribution in [0.4, 0.5) is 4.39 Å². The van der Waals surface area contributed by atoms with E-state index < -0.39 is 0 Å². The van der Waals surface area contributed by atoms with E-state index in [1.54, 1.807) is 18.2 Å². The maximum Gasteiger partial charge on any atom is 0.271 e. The van der Waals surface area contributed by atoms with E-state index in [4.69, 9.17) is 0 Å². The summed E-state index contributed by atoms with van der Waals surface area (Å²) >= 11 is 1.37. The molecule has 2 aliphatic rings. The van der Waals surface area contributed by atoms with Gasteiger partial charge in [-0.1, -0.05) is 31.4 Å². The van der Waals surface area contributed by atoms with E-state index in [1.165, 1.54) is 36.7 Å². The smallest absolute Gasteiger partial charge is 0.271 e. The minimum Gasteiger partial charge on any atom is -0.349 e. The maximum atomic E-state index is 14.1. The van der Waals surface area contributed by atoms with Gasteiger partial charge in [-0.15, -0.1) is 11.3 Å². The number of piperazine rings is 1. The van der Waals surface area contributed by atoms with Crippen molar-refractivity contribution in [3.63, 3.8) is 0 Å². The average molecular weight is 431 g/mol. The second-order valence-corrected chi connectivity index (χ2v) is 9.86. The number of aryl methyl sites for hydroxylation is 1. The Labute approximate surface area is 182 Å². The predicted molar refractivity (Wildman–Crippen MR) is 119 cm³/mol. The van der Waals surface area contributed by atoms with Gasteiger partial charge in [0.2, 0.25) is 0 Å². The number of halogens is 1. The lowest BCUT2D eigenvalue weighted by Crippen LogP contribution is -2.61. The van der Waals surface area contributed by atoms with Crippen LogP contribution >= 0.6 is 11.3 Å². The fraction of sp³-hybridized carbons (Fsp3) is 0.565. The first-order chi connectivity index (χ1) is 14.5. The quantitative estimate of drug-likeness (QED) is 0.781. The molecule has 1 N–H and O–H groups in total. The Morgan fingerprint density at radius 3 is 2.57 bits per heavy atom. The molecule has 1 amide bonds. The summed E-state index contributed by atoms with van der Waals surface area (Å²) in [5.41, 5.74) is 0.918. The molecule has 1 aliphatic carbocycles. The number of carbonyl (C=O) groups is 1. The number of rotatable bonds is 5. The first-order valence-electron chi connectivity index (χ1n) is 10.9. The summed E-state index contributed by atoms with van der Waals surface area (Å²) < 4.78 is 14.1. The first-order valence-corrected chi connectivity index (χ1v) is 11.7. The van der Waals surface area contributed by atoms with Crippen molar-refractivity contribution in [1.29, 1.82) is 0 Å². The molecule has 1 aromatic heterocycles. The van der Waals surface area contributed by atoms with Crippen molar-refractivity contribution in [2.75, 3.05) is 39.8 Å². The minimum absolute atomic E-state index is 0.0491. The van der Waals surface area contributed by atoms with Crippen molar-refractivity contribution in [2.24, 2.45) is 0 Å². The van der Waals surface area contributed by atoms with Crippen LogP contribution < -0.4 is 5.32 Å². The van der Waals surface area contributed by atoms with Gasteiger partial charge < -0.3 is 10.2 Å². The van der Waals surface area contributed by atoms with Crippen molar-refractivity contribution < 1.29 is 9.18 Å². The summed E-state index contributed by atoms with van der Waals surface area (Å²) in [6.07, 6.45) is 5.98. The Balaban J connectivity index is 1.48. The van der Waals surface area contributed by atoms with E-state index in [2.05, 4.69) is 27.1 Å². The van der Waals surface area contributed by atoms with Gasteiger partial charge in [-0.05, 0) is 38.9 Å². The monoisotopic (exact) mass is 430 g/mol. The summed E-state index contributed by atoms with van der Waals surface area (Å²) in [6, 6.07) is 6.58. The van der Waals surface area contributed by atoms with E-state index in [9.17, 15) is 9.18 Å². The van der Waals surface area contributed by atoms with Gasteiger partial charge in [-0.25, -0.2) is 9.37 Å². The molecule has 2 aromatic rings. The number of likely N-dealkylation sites (N-methyl/N-ethyl adjacent to an activating group) is 1. The molecular formula is C23H31FN4OS. The molecule has 2 heterocycles. The molecule has 0 radical (unpaired) electrons. The highest BCUT2D eigenvalue weighted by atomic mass is 32.1. The highest BCUT2D eigenvalue weighted by molar-refractivity contribution is 7.15. The van der Waals surface area contributed by atoms with Crippen molar-refractivity contribution in [3.05, 3.63) is 40.7 Å². The van der Waals surface area contributed by atoms with Gasteiger partial charge in [0.05, 0.1) is 0 Å². The number of nitrogens with zero attached hydrogens (tertiary/aromatic N) is 3. The number of nitrogens with one attached hydrogen (secondary N) is 1. The zero-order chi connectivity index (χ0) is 21.1. The third-order valence-corrected chi connectivity index (χ3v) is 7.66. The normalized spacial score (nSPS) is 20.2. The van der Waals surface area contributed by atoms with Crippen LogP contribution in [0.15, 0.2) is 24.3 Å². The van der Waals surface area contributed by atoms with E-state index >= 15 is 0 Å². The minimum atomic E-state index is -0.311. The second-order valence-electron chi connectivity index (χ2n) is 8.66. The summed E-state index contributed by atoms with van der Waals surface area (Å²) in [6.45, 7) is 6.80. The Morgan fingerprint density at radius 1 is 1.17 bits per heavy atom. The Hall–Kier alpha value is -1.83. The van der Waals surface area contributed by atoms with Gasteiger partial charge in [0, 0.05) is 48.7 Å². The number of amides is 1. The molecule has 0 spiro atoms. The fourth-order valence-corrected chi connectivity index (χ4v) is 5.72. The van der Waals surface area contributed by atoms with Gasteiger partial charge in [0.1, 0.15) is 16.5 Å². The lowest BCUT2D eigenvalue weighted by molar-refractivity contribution is 0.0138. The zero-order valence-corrected chi connectivity index (χ0v) is 18.7. The Morgan fingerprint density at radius 2 is 1.87 bits per heavy atom. The van der Waals surface area contributed by atoms with Crippen LogP contribution in [0.25, 0.3) is 10.6 Å². The lowest BCUT2D eigenvalue weighted by atomic mass is 9.79. The molecule has 2 fully saturated rings. The van der Waals surface area contributed by atoms with Crippen molar-refractivity contribution in [1.82, 2.24) is 20.1 Å². The van der Waals surface area contributed by atoms with Crippen molar-refractivity contribution in [2.45, 2.75) is 44.6 Å². The van der Waals surface area contributed by atoms with Crippen LogP contribution in [0, 0.1) is 12.7 Å². The molecule has 1 saturated carbocycles. The van der Waals surface area contributed by atoms with Gasteiger partial charge >= 0.3 is 0 Å². The van der Waals surface area contributed by atoms with Crippen LogP contribution in [0.1, 0.15) is 47.5 Å². The molecule has 5 nitrogen and oxygen atoms in total. The zero-order valence-electron chi connectivity index (χ0n) is 17.9. The third-order valence-electron chi connectivity index (χ3n) is 6.65. The maximum absolute atomic E-state index is 14.1. The number of aromatic nitrogens is 1. The van der Waals surface area contributed by atoms with E-state index in [-0.39, 0.29) is 17.3 Å². The summed E-state index contributed by atoms with van der Waals surface area (Å²) in [5, 5.41) is 3.75. The number of benzene rings is 1. The van der Waals surface area contributed by atoms with E-state index in [0.29, 0.717) is 22.8 Å². The molecule has 162 valence electrons.